The van der Waals surface area contributed by atoms with E-state index in [4.69, 9.17) is 10.7 Å². The number of aliphatic hydroxyl groups excluding tert-OH is 1. The number of nitrogens with one attached hydrogen (secondary N) is 1. The fourth-order valence-corrected chi connectivity index (χ4v) is 3.48. The number of anilines is 2. The molecular weight excluding hydrogens is 314 g/mol. The Morgan fingerprint density at radius 3 is 2.88 bits per heavy atom. The summed E-state index contributed by atoms with van der Waals surface area (Å²) >= 11 is 0. The zero-order chi connectivity index (χ0) is 17.6. The highest BCUT2D eigenvalue weighted by Crippen LogP contribution is 2.40. The van der Waals surface area contributed by atoms with Crippen molar-refractivity contribution in [1.82, 2.24) is 15.0 Å². The van der Waals surface area contributed by atoms with E-state index in [2.05, 4.69) is 22.2 Å². The van der Waals surface area contributed by atoms with Crippen molar-refractivity contribution in [2.45, 2.75) is 32.6 Å². The average molecular weight is 337 g/mol. The second-order valence-corrected chi connectivity index (χ2v) is 7.14. The molecule has 1 saturated carbocycles. The van der Waals surface area contributed by atoms with Crippen LogP contribution in [0, 0.1) is 11.8 Å². The molecule has 4 N–H and O–H groups in total. The van der Waals surface area contributed by atoms with Crippen molar-refractivity contribution >= 4 is 22.5 Å². The molecule has 0 unspecified atom stereocenters. The standard InChI is InChI=1S/C19H23N5O/c1-10-3-6-14(25)11(2)16(10)18-17-13(19(20)23-9-22-17)7-15(24-18)21-8-12-4-5-12/h3,6-7,9-10,12,16,25H,4-5,8H2,1-2H3,(H,21,24)(H2,20,22,23)/t10-,16-/m1/s1. The number of aliphatic hydroxyl groups is 1. The minimum absolute atomic E-state index is 0.0375. The molecule has 6 heteroatoms. The summed E-state index contributed by atoms with van der Waals surface area (Å²) in [5.41, 5.74) is 8.60. The third-order valence-electron chi connectivity index (χ3n) is 5.20. The molecule has 2 atom stereocenters. The Hall–Kier alpha value is -2.63. The molecule has 0 saturated heterocycles. The van der Waals surface area contributed by atoms with Crippen LogP contribution in [0.2, 0.25) is 0 Å². The molecule has 0 bridgehead atoms. The summed E-state index contributed by atoms with van der Waals surface area (Å²) in [4.78, 5) is 13.4. The van der Waals surface area contributed by atoms with Crippen molar-refractivity contribution in [3.05, 3.63) is 41.6 Å². The molecular formula is C19H23N5O. The summed E-state index contributed by atoms with van der Waals surface area (Å²) in [5.74, 6) is 2.47. The van der Waals surface area contributed by atoms with E-state index < -0.39 is 0 Å². The maximum absolute atomic E-state index is 10.2. The topological polar surface area (TPSA) is 97.0 Å². The minimum Gasteiger partial charge on any atom is -0.508 e. The first-order valence-electron chi connectivity index (χ1n) is 8.77. The summed E-state index contributed by atoms with van der Waals surface area (Å²) in [6, 6.07) is 1.93. The van der Waals surface area contributed by atoms with Crippen LogP contribution in [-0.4, -0.2) is 26.6 Å². The first kappa shape index (κ1) is 15.9. The highest BCUT2D eigenvalue weighted by atomic mass is 16.3. The monoisotopic (exact) mass is 337 g/mol. The van der Waals surface area contributed by atoms with Gasteiger partial charge in [-0.2, -0.15) is 0 Å². The van der Waals surface area contributed by atoms with Gasteiger partial charge in [0.1, 0.15) is 23.7 Å². The van der Waals surface area contributed by atoms with Crippen LogP contribution < -0.4 is 11.1 Å². The van der Waals surface area contributed by atoms with Gasteiger partial charge in [0, 0.05) is 17.8 Å². The van der Waals surface area contributed by atoms with Crippen LogP contribution in [0.15, 0.2) is 35.9 Å². The SMILES string of the molecule is CC1=C(O)C=C[C@@H](C)[C@H]1c1nc(NCC2CC2)cc2c(N)ncnc12. The van der Waals surface area contributed by atoms with Gasteiger partial charge in [-0.25, -0.2) is 15.0 Å². The van der Waals surface area contributed by atoms with E-state index in [0.29, 0.717) is 11.6 Å². The molecule has 2 aliphatic rings. The average Bonchev–Trinajstić information content (AvgIpc) is 3.42. The van der Waals surface area contributed by atoms with Gasteiger partial charge in [-0.05, 0) is 49.3 Å². The Kier molecular flexibility index (Phi) is 3.82. The van der Waals surface area contributed by atoms with Crippen molar-refractivity contribution in [2.24, 2.45) is 11.8 Å². The summed E-state index contributed by atoms with van der Waals surface area (Å²) in [6.45, 7) is 4.99. The molecule has 6 nitrogen and oxygen atoms in total. The molecule has 2 aliphatic carbocycles. The Morgan fingerprint density at radius 2 is 2.12 bits per heavy atom. The Bertz CT molecular complexity index is 885. The van der Waals surface area contributed by atoms with Crippen LogP contribution in [0.3, 0.4) is 0 Å². The first-order valence-corrected chi connectivity index (χ1v) is 8.77. The molecule has 25 heavy (non-hydrogen) atoms. The molecule has 0 amide bonds. The van der Waals surface area contributed by atoms with Gasteiger partial charge in [0.2, 0.25) is 0 Å². The van der Waals surface area contributed by atoms with Crippen LogP contribution >= 0.6 is 0 Å². The van der Waals surface area contributed by atoms with Crippen molar-refractivity contribution in [1.29, 1.82) is 0 Å². The summed E-state index contributed by atoms with van der Waals surface area (Å²) in [7, 11) is 0. The number of fused-ring (bicyclic) bond motifs is 1. The number of nitrogen functional groups attached to an aromatic ring is 1. The summed E-state index contributed by atoms with van der Waals surface area (Å²) in [6.07, 6.45) is 7.80. The second-order valence-electron chi connectivity index (χ2n) is 7.14. The third kappa shape index (κ3) is 2.92. The lowest BCUT2D eigenvalue weighted by molar-refractivity contribution is 0.404. The summed E-state index contributed by atoms with van der Waals surface area (Å²) in [5, 5.41) is 14.4. The normalized spacial score (nSPS) is 23.3. The lowest BCUT2D eigenvalue weighted by atomic mass is 9.80. The number of rotatable bonds is 4. The van der Waals surface area contributed by atoms with Gasteiger partial charge in [0.05, 0.1) is 11.2 Å². The van der Waals surface area contributed by atoms with Gasteiger partial charge in [0.25, 0.3) is 0 Å². The molecule has 2 aromatic heterocycles. The second kappa shape index (κ2) is 6.02. The fraction of sp³-hybridized carbons (Fsp3) is 0.421. The van der Waals surface area contributed by atoms with E-state index in [-0.39, 0.29) is 11.8 Å². The van der Waals surface area contributed by atoms with Gasteiger partial charge in [-0.15, -0.1) is 0 Å². The molecule has 0 aliphatic heterocycles. The molecule has 2 heterocycles. The quantitative estimate of drug-likeness (QED) is 0.789. The van der Waals surface area contributed by atoms with E-state index in [1.165, 1.54) is 19.2 Å². The van der Waals surface area contributed by atoms with E-state index >= 15 is 0 Å². The largest absolute Gasteiger partial charge is 0.508 e. The number of hydrogen-bond acceptors (Lipinski definition) is 6. The molecule has 4 rings (SSSR count). The highest BCUT2D eigenvalue weighted by Gasteiger charge is 2.29. The molecule has 130 valence electrons. The Balaban J connectivity index is 1.85. The number of hydrogen-bond donors (Lipinski definition) is 3. The third-order valence-corrected chi connectivity index (χ3v) is 5.20. The van der Waals surface area contributed by atoms with Crippen LogP contribution in [0.4, 0.5) is 11.6 Å². The zero-order valence-electron chi connectivity index (χ0n) is 14.5. The van der Waals surface area contributed by atoms with Gasteiger partial charge in [0.15, 0.2) is 0 Å². The number of aromatic nitrogens is 3. The smallest absolute Gasteiger partial charge is 0.134 e. The molecule has 0 radical (unpaired) electrons. The fourth-order valence-electron chi connectivity index (χ4n) is 3.48. The number of nitrogens with two attached hydrogens (primary N) is 1. The van der Waals surface area contributed by atoms with Crippen molar-refractivity contribution < 1.29 is 5.11 Å². The van der Waals surface area contributed by atoms with Crippen LogP contribution in [0.1, 0.15) is 38.3 Å². The first-order chi connectivity index (χ1) is 12.0. The number of nitrogens with zero attached hydrogens (tertiary/aromatic N) is 3. The van der Waals surface area contributed by atoms with Gasteiger partial charge >= 0.3 is 0 Å². The molecule has 1 fully saturated rings. The zero-order valence-corrected chi connectivity index (χ0v) is 14.5. The van der Waals surface area contributed by atoms with E-state index in [0.717, 1.165) is 40.5 Å². The predicted molar refractivity (Wildman–Crippen MR) is 99.3 cm³/mol. The predicted octanol–water partition coefficient (Wildman–Crippen LogP) is 3.55. The molecule has 2 aromatic rings. The van der Waals surface area contributed by atoms with Crippen LogP contribution in [0.25, 0.3) is 10.9 Å². The number of pyridine rings is 1. The van der Waals surface area contributed by atoms with Gasteiger partial charge in [-0.3, -0.25) is 0 Å². The highest BCUT2D eigenvalue weighted by molar-refractivity contribution is 5.91. The van der Waals surface area contributed by atoms with Crippen molar-refractivity contribution in [3.8, 4) is 0 Å². The van der Waals surface area contributed by atoms with Gasteiger partial charge in [-0.1, -0.05) is 13.0 Å². The maximum Gasteiger partial charge on any atom is 0.134 e. The Morgan fingerprint density at radius 1 is 1.32 bits per heavy atom. The Labute approximate surface area is 146 Å². The minimum atomic E-state index is -0.0375. The van der Waals surface area contributed by atoms with Gasteiger partial charge < -0.3 is 16.2 Å². The van der Waals surface area contributed by atoms with E-state index in [1.807, 2.05) is 19.1 Å². The van der Waals surface area contributed by atoms with E-state index in [9.17, 15) is 5.11 Å². The molecule has 0 spiro atoms. The van der Waals surface area contributed by atoms with E-state index in [1.54, 1.807) is 6.08 Å². The number of allylic oxidation sites excluding steroid dienone is 3. The van der Waals surface area contributed by atoms with Crippen LogP contribution in [0.5, 0.6) is 0 Å². The summed E-state index contributed by atoms with van der Waals surface area (Å²) < 4.78 is 0. The maximum atomic E-state index is 10.2. The lowest BCUT2D eigenvalue weighted by Crippen LogP contribution is -2.18. The lowest BCUT2D eigenvalue weighted by Gasteiger charge is -2.27. The van der Waals surface area contributed by atoms with Crippen LogP contribution in [-0.2, 0) is 0 Å². The van der Waals surface area contributed by atoms with Crippen molar-refractivity contribution in [3.63, 3.8) is 0 Å². The molecule has 0 aromatic carbocycles. The van der Waals surface area contributed by atoms with Crippen molar-refractivity contribution in [2.75, 3.05) is 17.6 Å².